The minimum atomic E-state index is -3.72. The maximum absolute atomic E-state index is 13.6. The minimum absolute atomic E-state index is 0.0114. The Morgan fingerprint density at radius 1 is 1.37 bits per heavy atom. The van der Waals surface area contributed by atoms with Gasteiger partial charge in [0.1, 0.15) is 5.82 Å². The van der Waals surface area contributed by atoms with Gasteiger partial charge < -0.3 is 5.73 Å². The van der Waals surface area contributed by atoms with Crippen molar-refractivity contribution in [3.05, 3.63) is 28.5 Å². The fourth-order valence-electron chi connectivity index (χ4n) is 2.25. The van der Waals surface area contributed by atoms with E-state index < -0.39 is 15.8 Å². The number of halogens is 2. The van der Waals surface area contributed by atoms with Crippen LogP contribution >= 0.6 is 11.6 Å². The van der Waals surface area contributed by atoms with Gasteiger partial charge in [-0.05, 0) is 30.5 Å². The van der Waals surface area contributed by atoms with Gasteiger partial charge in [-0.25, -0.2) is 17.5 Å². The average molecular weight is 307 g/mol. The lowest BCUT2D eigenvalue weighted by Gasteiger charge is -2.14. The van der Waals surface area contributed by atoms with Crippen molar-refractivity contribution in [1.82, 2.24) is 4.72 Å². The third kappa shape index (κ3) is 3.25. The molecule has 0 radical (unpaired) electrons. The van der Waals surface area contributed by atoms with Crippen LogP contribution in [0.3, 0.4) is 0 Å². The zero-order chi connectivity index (χ0) is 14.0. The van der Waals surface area contributed by atoms with Crippen LogP contribution < -0.4 is 10.5 Å². The second kappa shape index (κ2) is 5.75. The molecule has 0 aliphatic heterocycles. The van der Waals surface area contributed by atoms with Gasteiger partial charge in [-0.1, -0.05) is 24.4 Å². The van der Waals surface area contributed by atoms with Crippen LogP contribution in [0.1, 0.15) is 31.2 Å². The first-order valence-electron chi connectivity index (χ1n) is 6.14. The van der Waals surface area contributed by atoms with Crippen LogP contribution in [-0.4, -0.2) is 14.5 Å². The first kappa shape index (κ1) is 14.7. The molecule has 1 aromatic carbocycles. The Hall–Kier alpha value is -0.690. The summed E-state index contributed by atoms with van der Waals surface area (Å²) < 4.78 is 40.5. The molecule has 0 saturated heterocycles. The van der Waals surface area contributed by atoms with Gasteiger partial charge >= 0.3 is 0 Å². The summed E-state index contributed by atoms with van der Waals surface area (Å²) in [5, 5.41) is -0.123. The molecule has 7 heteroatoms. The smallest absolute Gasteiger partial charge is 0.240 e. The first-order chi connectivity index (χ1) is 8.94. The molecule has 1 aliphatic carbocycles. The van der Waals surface area contributed by atoms with E-state index in [1.807, 2.05) is 0 Å². The highest BCUT2D eigenvalue weighted by molar-refractivity contribution is 7.89. The topological polar surface area (TPSA) is 72.2 Å². The number of hydrogen-bond acceptors (Lipinski definition) is 3. The molecule has 2 rings (SSSR count). The molecule has 1 aliphatic rings. The minimum Gasteiger partial charge on any atom is -0.326 e. The van der Waals surface area contributed by atoms with Gasteiger partial charge in [0.25, 0.3) is 0 Å². The van der Waals surface area contributed by atoms with Crippen molar-refractivity contribution in [2.24, 2.45) is 5.73 Å². The molecular formula is C12H16ClFN2O2S. The molecule has 0 amide bonds. The van der Waals surface area contributed by atoms with Gasteiger partial charge in [0.2, 0.25) is 10.0 Å². The molecule has 1 saturated carbocycles. The van der Waals surface area contributed by atoms with Crippen molar-refractivity contribution in [3.8, 4) is 0 Å². The van der Waals surface area contributed by atoms with E-state index in [-0.39, 0.29) is 28.1 Å². The molecule has 106 valence electrons. The van der Waals surface area contributed by atoms with Gasteiger partial charge in [-0.3, -0.25) is 0 Å². The highest BCUT2D eigenvalue weighted by Crippen LogP contribution is 2.25. The quantitative estimate of drug-likeness (QED) is 0.895. The molecule has 4 nitrogen and oxygen atoms in total. The molecule has 0 aromatic heterocycles. The lowest BCUT2D eigenvalue weighted by Crippen LogP contribution is -2.32. The Labute approximate surface area is 117 Å². The van der Waals surface area contributed by atoms with E-state index in [0.29, 0.717) is 0 Å². The highest BCUT2D eigenvalue weighted by atomic mass is 35.5. The van der Waals surface area contributed by atoms with Gasteiger partial charge in [0, 0.05) is 12.6 Å². The summed E-state index contributed by atoms with van der Waals surface area (Å²) in [7, 11) is -3.72. The molecule has 0 heterocycles. The molecule has 19 heavy (non-hydrogen) atoms. The maximum Gasteiger partial charge on any atom is 0.240 e. The lowest BCUT2D eigenvalue weighted by atomic mass is 10.2. The predicted molar refractivity (Wildman–Crippen MR) is 71.9 cm³/mol. The zero-order valence-electron chi connectivity index (χ0n) is 10.3. The van der Waals surface area contributed by atoms with E-state index in [9.17, 15) is 12.8 Å². The van der Waals surface area contributed by atoms with Crippen molar-refractivity contribution in [2.45, 2.75) is 43.2 Å². The van der Waals surface area contributed by atoms with Gasteiger partial charge in [-0.2, -0.15) is 0 Å². The van der Waals surface area contributed by atoms with Gasteiger partial charge in [0.05, 0.1) is 9.92 Å². The maximum atomic E-state index is 13.6. The Balaban J connectivity index is 2.31. The van der Waals surface area contributed by atoms with Crippen molar-refractivity contribution >= 4 is 21.6 Å². The fourth-order valence-corrected chi connectivity index (χ4v) is 3.81. The molecular weight excluding hydrogens is 291 g/mol. The summed E-state index contributed by atoms with van der Waals surface area (Å²) in [4.78, 5) is -0.123. The summed E-state index contributed by atoms with van der Waals surface area (Å²) >= 11 is 5.72. The number of hydrogen-bond donors (Lipinski definition) is 2. The molecule has 0 atom stereocenters. The van der Waals surface area contributed by atoms with Crippen LogP contribution in [0.25, 0.3) is 0 Å². The average Bonchev–Trinajstić information content (AvgIpc) is 2.84. The van der Waals surface area contributed by atoms with E-state index in [1.54, 1.807) is 0 Å². The second-order valence-corrected chi connectivity index (χ2v) is 6.78. The second-order valence-electron chi connectivity index (χ2n) is 4.68. The third-order valence-corrected chi connectivity index (χ3v) is 5.21. The molecule has 0 spiro atoms. The lowest BCUT2D eigenvalue weighted by molar-refractivity contribution is 0.550. The molecule has 0 unspecified atom stereocenters. The van der Waals surface area contributed by atoms with E-state index in [0.717, 1.165) is 31.7 Å². The number of benzene rings is 1. The van der Waals surface area contributed by atoms with E-state index >= 15 is 0 Å². The SMILES string of the molecule is NCc1cc(S(=O)(=O)NC2CCCC2)cc(F)c1Cl. The Morgan fingerprint density at radius 2 is 2.00 bits per heavy atom. The van der Waals surface area contributed by atoms with E-state index in [2.05, 4.69) is 4.72 Å². The molecule has 0 bridgehead atoms. The van der Waals surface area contributed by atoms with Gasteiger partial charge in [0.15, 0.2) is 0 Å². The number of sulfonamides is 1. The standard InChI is InChI=1S/C12H16ClFN2O2S/c13-12-8(7-15)5-10(6-11(12)14)19(17,18)16-9-3-1-2-4-9/h5-6,9,16H,1-4,7,15H2. The molecule has 1 fully saturated rings. The van der Waals surface area contributed by atoms with Crippen LogP contribution in [0, 0.1) is 5.82 Å². The first-order valence-corrected chi connectivity index (χ1v) is 8.00. The van der Waals surface area contributed by atoms with Crippen LogP contribution in [-0.2, 0) is 16.6 Å². The Morgan fingerprint density at radius 3 is 2.58 bits per heavy atom. The Kier molecular flexibility index (Phi) is 4.45. The van der Waals surface area contributed by atoms with Crippen LogP contribution in [0.4, 0.5) is 4.39 Å². The fraction of sp³-hybridized carbons (Fsp3) is 0.500. The normalized spacial score (nSPS) is 17.0. The summed E-state index contributed by atoms with van der Waals surface area (Å²) in [6.45, 7) is -0.0114. The van der Waals surface area contributed by atoms with Crippen molar-refractivity contribution in [1.29, 1.82) is 0 Å². The third-order valence-electron chi connectivity index (χ3n) is 3.28. The van der Waals surface area contributed by atoms with Crippen molar-refractivity contribution in [2.75, 3.05) is 0 Å². The van der Waals surface area contributed by atoms with E-state index in [1.165, 1.54) is 6.07 Å². The number of nitrogens with one attached hydrogen (secondary N) is 1. The van der Waals surface area contributed by atoms with Crippen LogP contribution in [0.15, 0.2) is 17.0 Å². The largest absolute Gasteiger partial charge is 0.326 e. The number of rotatable bonds is 4. The Bertz CT molecular complexity index is 571. The predicted octanol–water partition coefficient (Wildman–Crippen LogP) is 2.16. The van der Waals surface area contributed by atoms with Gasteiger partial charge in [-0.15, -0.1) is 0 Å². The monoisotopic (exact) mass is 306 g/mol. The van der Waals surface area contributed by atoms with Crippen molar-refractivity contribution in [3.63, 3.8) is 0 Å². The summed E-state index contributed by atoms with van der Waals surface area (Å²) in [5.41, 5.74) is 5.71. The molecule has 1 aromatic rings. The summed E-state index contributed by atoms with van der Waals surface area (Å²) in [6, 6.07) is 2.19. The molecule has 3 N–H and O–H groups in total. The number of nitrogens with two attached hydrogens (primary N) is 1. The van der Waals surface area contributed by atoms with Crippen LogP contribution in [0.5, 0.6) is 0 Å². The highest BCUT2D eigenvalue weighted by Gasteiger charge is 2.24. The zero-order valence-corrected chi connectivity index (χ0v) is 11.9. The van der Waals surface area contributed by atoms with Crippen molar-refractivity contribution < 1.29 is 12.8 Å². The van der Waals surface area contributed by atoms with E-state index in [4.69, 9.17) is 17.3 Å². The summed E-state index contributed by atoms with van der Waals surface area (Å²) in [5.74, 6) is -0.767. The summed E-state index contributed by atoms with van der Waals surface area (Å²) in [6.07, 6.45) is 3.66. The van der Waals surface area contributed by atoms with Crippen LogP contribution in [0.2, 0.25) is 5.02 Å².